The summed E-state index contributed by atoms with van der Waals surface area (Å²) in [5, 5.41) is 9.69. The first-order chi connectivity index (χ1) is 19.0. The van der Waals surface area contributed by atoms with E-state index in [-0.39, 0.29) is 11.7 Å². The van der Waals surface area contributed by atoms with Crippen LogP contribution in [0.3, 0.4) is 0 Å². The van der Waals surface area contributed by atoms with Gasteiger partial charge in [0.25, 0.3) is 5.91 Å². The smallest absolute Gasteiger partial charge is 0.254 e. The van der Waals surface area contributed by atoms with Gasteiger partial charge >= 0.3 is 0 Å². The molecule has 2 heterocycles. The summed E-state index contributed by atoms with van der Waals surface area (Å²) >= 11 is 1.72. The second-order valence-electron chi connectivity index (χ2n) is 9.51. The molecule has 1 amide bonds. The largest absolute Gasteiger partial charge is 0.384 e. The Labute approximate surface area is 232 Å². The zero-order valence-electron chi connectivity index (χ0n) is 21.7. The van der Waals surface area contributed by atoms with E-state index in [2.05, 4.69) is 22.1 Å². The fourth-order valence-electron chi connectivity index (χ4n) is 4.74. The van der Waals surface area contributed by atoms with E-state index in [1.807, 2.05) is 72.8 Å². The van der Waals surface area contributed by atoms with Gasteiger partial charge in [0.15, 0.2) is 0 Å². The summed E-state index contributed by atoms with van der Waals surface area (Å²) in [5.74, 6) is 0.992. The Bertz CT molecular complexity index is 1560. The molecule has 0 radical (unpaired) electrons. The van der Waals surface area contributed by atoms with Gasteiger partial charge in [-0.1, -0.05) is 60.7 Å². The molecule has 0 aliphatic carbocycles. The molecule has 0 fully saturated rings. The van der Waals surface area contributed by atoms with Gasteiger partial charge in [0.05, 0.1) is 17.6 Å². The molecular formula is C31H32N6OS. The first kappa shape index (κ1) is 26.3. The highest BCUT2D eigenvalue weighted by atomic mass is 32.1. The van der Waals surface area contributed by atoms with Crippen LogP contribution in [0.25, 0.3) is 11.0 Å². The van der Waals surface area contributed by atoms with E-state index < -0.39 is 0 Å². The summed E-state index contributed by atoms with van der Waals surface area (Å²) in [4.78, 5) is 21.6. The Kier molecular flexibility index (Phi) is 8.15. The van der Waals surface area contributed by atoms with Gasteiger partial charge < -0.3 is 20.9 Å². The fraction of sp³-hybridized carbons (Fsp3) is 0.194. The molecule has 0 saturated heterocycles. The van der Waals surface area contributed by atoms with Crippen LogP contribution in [0.1, 0.15) is 37.7 Å². The molecule has 0 unspecified atom stereocenters. The van der Waals surface area contributed by atoms with Crippen molar-refractivity contribution in [3.8, 4) is 0 Å². The molecule has 3 aromatic carbocycles. The lowest BCUT2D eigenvalue weighted by Crippen LogP contribution is -2.34. The van der Waals surface area contributed by atoms with E-state index in [1.165, 1.54) is 4.88 Å². The predicted molar refractivity (Wildman–Crippen MR) is 158 cm³/mol. The Morgan fingerprint density at radius 2 is 1.69 bits per heavy atom. The minimum absolute atomic E-state index is 0.0499. The van der Waals surface area contributed by atoms with E-state index in [1.54, 1.807) is 16.2 Å². The van der Waals surface area contributed by atoms with E-state index >= 15 is 0 Å². The monoisotopic (exact) mass is 536 g/mol. The van der Waals surface area contributed by atoms with Crippen LogP contribution in [0.4, 0.5) is 0 Å². The van der Waals surface area contributed by atoms with Crippen LogP contribution in [0.2, 0.25) is 0 Å². The molecule has 0 atom stereocenters. The van der Waals surface area contributed by atoms with Crippen LogP contribution < -0.4 is 11.5 Å². The predicted octanol–water partition coefficient (Wildman–Crippen LogP) is 4.82. The Morgan fingerprint density at radius 1 is 0.923 bits per heavy atom. The number of carbonyl (C=O) groups is 1. The molecule has 0 bridgehead atoms. The molecule has 5 aromatic rings. The molecule has 0 saturated carbocycles. The van der Waals surface area contributed by atoms with Gasteiger partial charge in [-0.2, -0.15) is 0 Å². The van der Waals surface area contributed by atoms with Crippen LogP contribution in [0.15, 0.2) is 90.3 Å². The molecule has 8 heteroatoms. The normalized spacial score (nSPS) is 11.1. The number of nitrogen functional groups attached to an aromatic ring is 1. The molecule has 0 aliphatic rings. The van der Waals surface area contributed by atoms with Gasteiger partial charge in [-0.3, -0.25) is 10.2 Å². The Balaban J connectivity index is 1.43. The number of benzene rings is 3. The van der Waals surface area contributed by atoms with Gasteiger partial charge in [-0.25, -0.2) is 4.98 Å². The zero-order valence-corrected chi connectivity index (χ0v) is 22.5. The molecule has 0 aliphatic heterocycles. The molecule has 5 N–H and O–H groups in total. The van der Waals surface area contributed by atoms with Gasteiger partial charge in [-0.05, 0) is 47.2 Å². The number of hydrogen-bond acceptors (Lipinski definition) is 5. The third-order valence-corrected chi connectivity index (χ3v) is 7.63. The second kappa shape index (κ2) is 12.1. The highest BCUT2D eigenvalue weighted by Gasteiger charge is 2.19. The number of aryl methyl sites for hydroxylation is 2. The average Bonchev–Trinajstić information content (AvgIpc) is 3.60. The molecular weight excluding hydrogens is 504 g/mol. The standard InChI is InChI=1S/C31H32N6OS/c32-16-17-36(20-23-5-2-1-3-6-23)31(38)25-13-14-28-27(19-25)35-29(37(28)21-26-7-4-18-39-26)15-10-22-8-11-24(12-9-22)30(33)34/h1-9,11-14,18-19H,10,15-17,20-21,32H2,(H3,33,34). The van der Waals surface area contributed by atoms with Crippen LogP contribution in [-0.4, -0.2) is 39.3 Å². The number of amidine groups is 1. The van der Waals surface area contributed by atoms with Crippen molar-refractivity contribution in [1.29, 1.82) is 5.41 Å². The summed E-state index contributed by atoms with van der Waals surface area (Å²) in [6, 6.07) is 27.8. The van der Waals surface area contributed by atoms with Crippen LogP contribution in [0.5, 0.6) is 0 Å². The number of imidazole rings is 1. The lowest BCUT2D eigenvalue weighted by atomic mass is 10.1. The quantitative estimate of drug-likeness (QED) is 0.166. The molecule has 7 nitrogen and oxygen atoms in total. The number of amides is 1. The van der Waals surface area contributed by atoms with E-state index in [9.17, 15) is 4.79 Å². The third kappa shape index (κ3) is 6.25. The highest BCUT2D eigenvalue weighted by molar-refractivity contribution is 7.09. The van der Waals surface area contributed by atoms with Crippen molar-refractivity contribution in [2.24, 2.45) is 11.5 Å². The number of carbonyl (C=O) groups excluding carboxylic acids is 1. The number of fused-ring (bicyclic) bond motifs is 1. The van der Waals surface area contributed by atoms with Gasteiger partial charge in [0.1, 0.15) is 11.7 Å². The first-order valence-corrected chi connectivity index (χ1v) is 13.9. The van der Waals surface area contributed by atoms with Crippen molar-refractivity contribution in [2.45, 2.75) is 25.9 Å². The summed E-state index contributed by atoms with van der Waals surface area (Å²) in [7, 11) is 0. The maximum atomic E-state index is 13.5. The number of aromatic nitrogens is 2. The second-order valence-corrected chi connectivity index (χ2v) is 10.5. The molecule has 5 rings (SSSR count). The minimum Gasteiger partial charge on any atom is -0.384 e. The highest BCUT2D eigenvalue weighted by Crippen LogP contribution is 2.23. The van der Waals surface area contributed by atoms with Crippen molar-refractivity contribution in [1.82, 2.24) is 14.5 Å². The third-order valence-electron chi connectivity index (χ3n) is 6.77. The average molecular weight is 537 g/mol. The van der Waals surface area contributed by atoms with Crippen LogP contribution >= 0.6 is 11.3 Å². The van der Waals surface area contributed by atoms with E-state index in [0.717, 1.165) is 52.9 Å². The molecule has 39 heavy (non-hydrogen) atoms. The van der Waals surface area contributed by atoms with Crippen molar-refractivity contribution >= 4 is 34.1 Å². The number of hydrogen-bond donors (Lipinski definition) is 3. The Hall–Kier alpha value is -4.27. The Morgan fingerprint density at radius 3 is 2.38 bits per heavy atom. The van der Waals surface area contributed by atoms with Crippen molar-refractivity contribution < 1.29 is 4.79 Å². The number of rotatable bonds is 11. The van der Waals surface area contributed by atoms with Crippen molar-refractivity contribution in [3.05, 3.63) is 123 Å². The maximum Gasteiger partial charge on any atom is 0.254 e. The summed E-state index contributed by atoms with van der Waals surface area (Å²) < 4.78 is 2.25. The van der Waals surface area contributed by atoms with Gasteiger partial charge in [0, 0.05) is 42.1 Å². The number of nitrogens with two attached hydrogens (primary N) is 2. The van der Waals surface area contributed by atoms with Crippen molar-refractivity contribution in [2.75, 3.05) is 13.1 Å². The maximum absolute atomic E-state index is 13.5. The lowest BCUT2D eigenvalue weighted by Gasteiger charge is -2.22. The minimum atomic E-state index is -0.0499. The lowest BCUT2D eigenvalue weighted by molar-refractivity contribution is 0.0748. The van der Waals surface area contributed by atoms with Crippen LogP contribution in [-0.2, 0) is 25.9 Å². The van der Waals surface area contributed by atoms with E-state index in [0.29, 0.717) is 25.2 Å². The zero-order chi connectivity index (χ0) is 27.2. The summed E-state index contributed by atoms with van der Waals surface area (Å²) in [6.45, 7) is 2.11. The summed E-state index contributed by atoms with van der Waals surface area (Å²) in [5.41, 5.74) is 16.8. The van der Waals surface area contributed by atoms with E-state index in [4.69, 9.17) is 21.9 Å². The number of nitrogens with one attached hydrogen (secondary N) is 1. The van der Waals surface area contributed by atoms with Crippen LogP contribution in [0, 0.1) is 5.41 Å². The van der Waals surface area contributed by atoms with Gasteiger partial charge in [0.2, 0.25) is 0 Å². The molecule has 198 valence electrons. The molecule has 0 spiro atoms. The number of thiophene rings is 1. The first-order valence-electron chi connectivity index (χ1n) is 13.0. The van der Waals surface area contributed by atoms with Gasteiger partial charge in [-0.15, -0.1) is 11.3 Å². The van der Waals surface area contributed by atoms with Crippen molar-refractivity contribution in [3.63, 3.8) is 0 Å². The summed E-state index contributed by atoms with van der Waals surface area (Å²) in [6.07, 6.45) is 1.55. The SMILES string of the molecule is N=C(N)c1ccc(CCc2nc3cc(C(=O)N(CCN)Cc4ccccc4)ccc3n2Cc2cccs2)cc1. The number of nitrogens with zero attached hydrogens (tertiary/aromatic N) is 3. The fourth-order valence-corrected chi connectivity index (χ4v) is 5.43. The molecule has 2 aromatic heterocycles. The topological polar surface area (TPSA) is 114 Å².